The van der Waals surface area contributed by atoms with Crippen molar-refractivity contribution in [2.45, 2.75) is 26.8 Å². The SMILES string of the molecule is CCCn1nc(C(=O)Nc2cnc3c(c2)c(C)nn3C)ccc1=O. The predicted octanol–water partition coefficient (Wildman–Crippen LogP) is 1.50. The van der Waals surface area contributed by atoms with E-state index in [0.29, 0.717) is 12.2 Å². The van der Waals surface area contributed by atoms with Crippen molar-refractivity contribution in [1.29, 1.82) is 0 Å². The van der Waals surface area contributed by atoms with E-state index in [2.05, 4.69) is 20.5 Å². The van der Waals surface area contributed by atoms with Gasteiger partial charge >= 0.3 is 0 Å². The van der Waals surface area contributed by atoms with E-state index in [1.165, 1.54) is 16.8 Å². The van der Waals surface area contributed by atoms with Gasteiger partial charge in [0.25, 0.3) is 11.5 Å². The highest BCUT2D eigenvalue weighted by molar-refractivity contribution is 6.03. The van der Waals surface area contributed by atoms with Gasteiger partial charge in [-0.05, 0) is 25.5 Å². The lowest BCUT2D eigenvalue weighted by Crippen LogP contribution is -2.26. The van der Waals surface area contributed by atoms with Crippen LogP contribution in [0.5, 0.6) is 0 Å². The Bertz CT molecular complexity index is 972. The predicted molar refractivity (Wildman–Crippen MR) is 90.0 cm³/mol. The maximum atomic E-state index is 12.4. The maximum absolute atomic E-state index is 12.4. The molecule has 0 saturated carbocycles. The molecule has 0 aromatic carbocycles. The molecule has 0 fully saturated rings. The minimum atomic E-state index is -0.387. The van der Waals surface area contributed by atoms with Crippen LogP contribution in [0.3, 0.4) is 0 Å². The second-order valence-corrected chi connectivity index (χ2v) is 5.54. The third kappa shape index (κ3) is 2.90. The Labute approximate surface area is 138 Å². The standard InChI is InChI=1S/C16H18N6O2/c1-4-7-22-14(23)6-5-13(20-22)16(24)18-11-8-12-10(2)19-21(3)15(12)17-9-11/h5-6,8-9H,4,7H2,1-3H3,(H,18,24). The fraction of sp³-hybridized carbons (Fsp3) is 0.312. The lowest BCUT2D eigenvalue weighted by Gasteiger charge is -2.07. The molecule has 0 unspecified atom stereocenters. The molecular weight excluding hydrogens is 308 g/mol. The Morgan fingerprint density at radius 2 is 2.08 bits per heavy atom. The number of nitrogens with one attached hydrogen (secondary N) is 1. The molecule has 124 valence electrons. The molecule has 3 aromatic rings. The average molecular weight is 326 g/mol. The van der Waals surface area contributed by atoms with Gasteiger partial charge in [0.05, 0.1) is 17.6 Å². The van der Waals surface area contributed by atoms with Crippen molar-refractivity contribution >= 4 is 22.6 Å². The van der Waals surface area contributed by atoms with Crippen LogP contribution in [0.2, 0.25) is 0 Å². The Morgan fingerprint density at radius 1 is 1.29 bits per heavy atom. The minimum Gasteiger partial charge on any atom is -0.319 e. The summed E-state index contributed by atoms with van der Waals surface area (Å²) in [6.07, 6.45) is 2.34. The molecule has 3 aromatic heterocycles. The largest absolute Gasteiger partial charge is 0.319 e. The van der Waals surface area contributed by atoms with Crippen LogP contribution < -0.4 is 10.9 Å². The number of hydrogen-bond donors (Lipinski definition) is 1. The number of aromatic nitrogens is 5. The van der Waals surface area contributed by atoms with E-state index in [-0.39, 0.29) is 17.2 Å². The molecule has 8 heteroatoms. The Hall–Kier alpha value is -3.03. The summed E-state index contributed by atoms with van der Waals surface area (Å²) in [4.78, 5) is 28.4. The highest BCUT2D eigenvalue weighted by Gasteiger charge is 2.12. The number of anilines is 1. The highest BCUT2D eigenvalue weighted by atomic mass is 16.2. The van der Waals surface area contributed by atoms with Crippen LogP contribution in [0.25, 0.3) is 11.0 Å². The van der Waals surface area contributed by atoms with Gasteiger partial charge in [0, 0.05) is 25.0 Å². The number of carbonyl (C=O) groups excluding carboxylic acids is 1. The van der Waals surface area contributed by atoms with E-state index in [4.69, 9.17) is 0 Å². The van der Waals surface area contributed by atoms with Gasteiger partial charge in [-0.2, -0.15) is 10.2 Å². The average Bonchev–Trinajstić information content (AvgIpc) is 2.84. The number of fused-ring (bicyclic) bond motifs is 1. The van der Waals surface area contributed by atoms with Crippen molar-refractivity contribution in [2.24, 2.45) is 7.05 Å². The van der Waals surface area contributed by atoms with Gasteiger partial charge in [-0.25, -0.2) is 9.67 Å². The smallest absolute Gasteiger partial charge is 0.276 e. The normalized spacial score (nSPS) is 11.0. The molecule has 0 aliphatic heterocycles. The van der Waals surface area contributed by atoms with Gasteiger partial charge in [0.15, 0.2) is 5.65 Å². The second kappa shape index (κ2) is 6.23. The lowest BCUT2D eigenvalue weighted by atomic mass is 10.2. The quantitative estimate of drug-likeness (QED) is 0.784. The van der Waals surface area contributed by atoms with Crippen LogP contribution >= 0.6 is 0 Å². The van der Waals surface area contributed by atoms with Crippen LogP contribution in [0, 0.1) is 6.92 Å². The van der Waals surface area contributed by atoms with E-state index in [0.717, 1.165) is 23.1 Å². The van der Waals surface area contributed by atoms with Crippen LogP contribution in [0.4, 0.5) is 5.69 Å². The highest BCUT2D eigenvalue weighted by Crippen LogP contribution is 2.19. The monoisotopic (exact) mass is 326 g/mol. The first-order valence-electron chi connectivity index (χ1n) is 7.68. The lowest BCUT2D eigenvalue weighted by molar-refractivity contribution is 0.101. The first-order chi connectivity index (χ1) is 11.5. The van der Waals surface area contributed by atoms with E-state index in [9.17, 15) is 9.59 Å². The third-order valence-electron chi connectivity index (χ3n) is 3.66. The summed E-state index contributed by atoms with van der Waals surface area (Å²) < 4.78 is 2.99. The molecule has 24 heavy (non-hydrogen) atoms. The van der Waals surface area contributed by atoms with Gasteiger partial charge in [0.1, 0.15) is 5.69 Å². The zero-order chi connectivity index (χ0) is 17.3. The van der Waals surface area contributed by atoms with Crippen LogP contribution in [0.1, 0.15) is 29.5 Å². The molecule has 0 radical (unpaired) electrons. The molecule has 0 atom stereocenters. The molecule has 3 rings (SSSR count). The zero-order valence-electron chi connectivity index (χ0n) is 13.8. The molecule has 3 heterocycles. The number of aryl methyl sites for hydroxylation is 3. The molecule has 1 N–H and O–H groups in total. The van der Waals surface area contributed by atoms with Gasteiger partial charge in [-0.1, -0.05) is 6.92 Å². The van der Waals surface area contributed by atoms with Gasteiger partial charge in [-0.3, -0.25) is 14.3 Å². The third-order valence-corrected chi connectivity index (χ3v) is 3.66. The molecule has 0 aliphatic rings. The summed E-state index contributed by atoms with van der Waals surface area (Å²) in [5.41, 5.74) is 2.11. The number of pyridine rings is 1. The van der Waals surface area contributed by atoms with Crippen LogP contribution in [-0.4, -0.2) is 30.5 Å². The van der Waals surface area contributed by atoms with E-state index in [1.807, 2.05) is 27.0 Å². The van der Waals surface area contributed by atoms with Gasteiger partial charge in [0.2, 0.25) is 0 Å². The topological polar surface area (TPSA) is 94.7 Å². The fourth-order valence-electron chi connectivity index (χ4n) is 2.51. The molecule has 0 spiro atoms. The summed E-state index contributed by atoms with van der Waals surface area (Å²) in [6.45, 7) is 4.30. The molecule has 8 nitrogen and oxygen atoms in total. The summed E-state index contributed by atoms with van der Waals surface area (Å²) >= 11 is 0. The number of rotatable bonds is 4. The summed E-state index contributed by atoms with van der Waals surface area (Å²) in [5.74, 6) is -0.387. The maximum Gasteiger partial charge on any atom is 0.276 e. The van der Waals surface area contributed by atoms with E-state index >= 15 is 0 Å². The Kier molecular flexibility index (Phi) is 4.11. The summed E-state index contributed by atoms with van der Waals surface area (Å²) in [6, 6.07) is 4.60. The van der Waals surface area contributed by atoms with E-state index < -0.39 is 0 Å². The number of nitrogens with zero attached hydrogens (tertiary/aromatic N) is 5. The molecule has 1 amide bonds. The molecular formula is C16H18N6O2. The van der Waals surface area contributed by atoms with Crippen molar-refractivity contribution in [1.82, 2.24) is 24.5 Å². The molecule has 0 saturated heterocycles. The number of hydrogen-bond acceptors (Lipinski definition) is 5. The zero-order valence-corrected chi connectivity index (χ0v) is 13.8. The first kappa shape index (κ1) is 15.9. The first-order valence-corrected chi connectivity index (χ1v) is 7.68. The van der Waals surface area contributed by atoms with Crippen molar-refractivity contribution < 1.29 is 4.79 Å². The van der Waals surface area contributed by atoms with Crippen LogP contribution in [-0.2, 0) is 13.6 Å². The van der Waals surface area contributed by atoms with Gasteiger partial charge in [-0.15, -0.1) is 0 Å². The summed E-state index contributed by atoms with van der Waals surface area (Å²) in [5, 5.41) is 12.0. The van der Waals surface area contributed by atoms with Gasteiger partial charge < -0.3 is 5.32 Å². The molecule has 0 aliphatic carbocycles. The number of amides is 1. The van der Waals surface area contributed by atoms with Crippen LogP contribution in [0.15, 0.2) is 29.2 Å². The summed E-state index contributed by atoms with van der Waals surface area (Å²) in [7, 11) is 1.82. The Balaban J connectivity index is 1.88. The van der Waals surface area contributed by atoms with Crippen molar-refractivity contribution in [2.75, 3.05) is 5.32 Å². The minimum absolute atomic E-state index is 0.186. The second-order valence-electron chi connectivity index (χ2n) is 5.54. The van der Waals surface area contributed by atoms with Crippen molar-refractivity contribution in [3.8, 4) is 0 Å². The number of carbonyl (C=O) groups is 1. The van der Waals surface area contributed by atoms with Crippen molar-refractivity contribution in [3.05, 3.63) is 46.1 Å². The van der Waals surface area contributed by atoms with E-state index in [1.54, 1.807) is 10.9 Å². The fourth-order valence-corrected chi connectivity index (χ4v) is 2.51. The molecule has 0 bridgehead atoms. The van der Waals surface area contributed by atoms with Crippen molar-refractivity contribution in [3.63, 3.8) is 0 Å². The Morgan fingerprint density at radius 3 is 2.83 bits per heavy atom.